The maximum Gasteiger partial charge on any atom is 0.227 e. The second kappa shape index (κ2) is 5.66. The Morgan fingerprint density at radius 3 is 2.65 bits per heavy atom. The Hall–Kier alpha value is -1.82. The highest BCUT2D eigenvalue weighted by atomic mass is 32.2. The number of rotatable bonds is 5. The summed E-state index contributed by atoms with van der Waals surface area (Å²) in [6.07, 6.45) is 4.36. The molecule has 0 fully saturated rings. The SMILES string of the molecule is CC(C)Oc1ccccc1Cn1ccnc1S(C)(=O)=O. The molecule has 2 rings (SSSR count). The highest BCUT2D eigenvalue weighted by Gasteiger charge is 2.15. The lowest BCUT2D eigenvalue weighted by atomic mass is 10.2. The first-order valence-electron chi connectivity index (χ1n) is 6.33. The topological polar surface area (TPSA) is 61.2 Å². The first kappa shape index (κ1) is 14.6. The van der Waals surface area contributed by atoms with Crippen LogP contribution in [0, 0.1) is 0 Å². The van der Waals surface area contributed by atoms with Crippen LogP contribution in [0.4, 0.5) is 0 Å². The van der Waals surface area contributed by atoms with Crippen LogP contribution in [-0.4, -0.2) is 30.3 Å². The number of imidazole rings is 1. The molecule has 108 valence electrons. The van der Waals surface area contributed by atoms with Crippen molar-refractivity contribution in [2.24, 2.45) is 0 Å². The minimum absolute atomic E-state index is 0.0633. The van der Waals surface area contributed by atoms with Crippen LogP contribution in [-0.2, 0) is 16.4 Å². The monoisotopic (exact) mass is 294 g/mol. The Labute approximate surface area is 119 Å². The molecule has 0 aliphatic carbocycles. The summed E-state index contributed by atoms with van der Waals surface area (Å²) in [5.41, 5.74) is 0.920. The fourth-order valence-electron chi connectivity index (χ4n) is 1.93. The molecule has 20 heavy (non-hydrogen) atoms. The zero-order chi connectivity index (χ0) is 14.8. The number of ether oxygens (including phenoxy) is 1. The van der Waals surface area contributed by atoms with Gasteiger partial charge < -0.3 is 9.30 Å². The third kappa shape index (κ3) is 3.39. The van der Waals surface area contributed by atoms with E-state index >= 15 is 0 Å². The number of hydrogen-bond acceptors (Lipinski definition) is 4. The maximum atomic E-state index is 11.7. The molecule has 6 heteroatoms. The lowest BCUT2D eigenvalue weighted by Crippen LogP contribution is -2.12. The lowest BCUT2D eigenvalue weighted by molar-refractivity contribution is 0.239. The molecule has 5 nitrogen and oxygen atoms in total. The van der Waals surface area contributed by atoms with E-state index in [9.17, 15) is 8.42 Å². The van der Waals surface area contributed by atoms with Crippen molar-refractivity contribution in [2.45, 2.75) is 31.7 Å². The van der Waals surface area contributed by atoms with E-state index in [1.54, 1.807) is 10.8 Å². The van der Waals surface area contributed by atoms with E-state index in [0.29, 0.717) is 6.54 Å². The predicted molar refractivity (Wildman–Crippen MR) is 76.6 cm³/mol. The Morgan fingerprint density at radius 2 is 2.00 bits per heavy atom. The van der Waals surface area contributed by atoms with Gasteiger partial charge in [-0.05, 0) is 19.9 Å². The van der Waals surface area contributed by atoms with Gasteiger partial charge in [0.15, 0.2) is 0 Å². The van der Waals surface area contributed by atoms with Crippen LogP contribution in [0.15, 0.2) is 41.8 Å². The van der Waals surface area contributed by atoms with E-state index < -0.39 is 9.84 Å². The van der Waals surface area contributed by atoms with Crippen LogP contribution in [0.5, 0.6) is 5.75 Å². The summed E-state index contributed by atoms with van der Waals surface area (Å²) in [4.78, 5) is 3.91. The molecule has 0 N–H and O–H groups in total. The molecule has 1 heterocycles. The van der Waals surface area contributed by atoms with Crippen molar-refractivity contribution in [3.8, 4) is 5.75 Å². The fourth-order valence-corrected chi connectivity index (χ4v) is 2.74. The van der Waals surface area contributed by atoms with Crippen molar-refractivity contribution in [2.75, 3.05) is 6.26 Å². The number of aromatic nitrogens is 2. The minimum atomic E-state index is -3.34. The van der Waals surface area contributed by atoms with E-state index in [0.717, 1.165) is 17.6 Å². The molecule has 0 spiro atoms. The standard InChI is InChI=1S/C14H18N2O3S/c1-11(2)19-13-7-5-4-6-12(13)10-16-9-8-15-14(16)20(3,17)18/h4-9,11H,10H2,1-3H3. The van der Waals surface area contributed by atoms with Crippen LogP contribution >= 0.6 is 0 Å². The second-order valence-electron chi connectivity index (χ2n) is 4.88. The summed E-state index contributed by atoms with van der Waals surface area (Å²) in [7, 11) is -3.34. The van der Waals surface area contributed by atoms with E-state index in [-0.39, 0.29) is 11.3 Å². The third-order valence-electron chi connectivity index (χ3n) is 2.68. The summed E-state index contributed by atoms with van der Waals surface area (Å²) in [5.74, 6) is 0.760. The second-order valence-corrected chi connectivity index (χ2v) is 6.79. The average molecular weight is 294 g/mol. The van der Waals surface area contributed by atoms with Gasteiger partial charge in [-0.15, -0.1) is 0 Å². The molecule has 2 aromatic rings. The molecule has 0 radical (unpaired) electrons. The zero-order valence-electron chi connectivity index (χ0n) is 11.8. The average Bonchev–Trinajstić information content (AvgIpc) is 2.79. The van der Waals surface area contributed by atoms with Crippen molar-refractivity contribution in [3.05, 3.63) is 42.2 Å². The van der Waals surface area contributed by atoms with Gasteiger partial charge >= 0.3 is 0 Å². The Morgan fingerprint density at radius 1 is 1.30 bits per heavy atom. The van der Waals surface area contributed by atoms with Gasteiger partial charge in [-0.25, -0.2) is 13.4 Å². The fraction of sp³-hybridized carbons (Fsp3) is 0.357. The predicted octanol–water partition coefficient (Wildman–Crippen LogP) is 2.12. The molecule has 0 saturated carbocycles. The maximum absolute atomic E-state index is 11.7. The van der Waals surface area contributed by atoms with Gasteiger partial charge in [0.05, 0.1) is 12.6 Å². The first-order valence-corrected chi connectivity index (χ1v) is 8.23. The summed E-state index contributed by atoms with van der Waals surface area (Å²) < 4.78 is 30.7. The van der Waals surface area contributed by atoms with Gasteiger partial charge in [-0.1, -0.05) is 18.2 Å². The molecular formula is C14H18N2O3S. The van der Waals surface area contributed by atoms with Crippen molar-refractivity contribution < 1.29 is 13.2 Å². The quantitative estimate of drug-likeness (QED) is 0.847. The normalized spacial score (nSPS) is 11.8. The summed E-state index contributed by atoms with van der Waals surface area (Å²) >= 11 is 0. The molecule has 0 bridgehead atoms. The van der Waals surface area contributed by atoms with Crippen molar-refractivity contribution >= 4 is 9.84 Å². The highest BCUT2D eigenvalue weighted by molar-refractivity contribution is 7.90. The smallest absolute Gasteiger partial charge is 0.227 e. The molecule has 0 amide bonds. The highest BCUT2D eigenvalue weighted by Crippen LogP contribution is 2.21. The van der Waals surface area contributed by atoms with Crippen LogP contribution in [0.1, 0.15) is 19.4 Å². The summed E-state index contributed by atoms with van der Waals surface area (Å²) in [6, 6.07) is 7.60. The van der Waals surface area contributed by atoms with Gasteiger partial charge in [-0.2, -0.15) is 0 Å². The minimum Gasteiger partial charge on any atom is -0.491 e. The van der Waals surface area contributed by atoms with E-state index in [1.807, 2.05) is 38.1 Å². The van der Waals surface area contributed by atoms with Crippen LogP contribution < -0.4 is 4.74 Å². The Kier molecular flexibility index (Phi) is 4.13. The van der Waals surface area contributed by atoms with Gasteiger partial charge in [0.2, 0.25) is 15.0 Å². The molecule has 0 aliphatic heterocycles. The van der Waals surface area contributed by atoms with Crippen LogP contribution in [0.25, 0.3) is 0 Å². The van der Waals surface area contributed by atoms with Crippen molar-refractivity contribution in [1.29, 1.82) is 0 Å². The molecule has 0 saturated heterocycles. The summed E-state index contributed by atoms with van der Waals surface area (Å²) in [5, 5.41) is 0.0665. The number of hydrogen-bond donors (Lipinski definition) is 0. The number of benzene rings is 1. The zero-order valence-corrected chi connectivity index (χ0v) is 12.6. The molecular weight excluding hydrogens is 276 g/mol. The number of nitrogens with zero attached hydrogens (tertiary/aromatic N) is 2. The molecule has 0 unspecified atom stereocenters. The van der Waals surface area contributed by atoms with E-state index in [4.69, 9.17) is 4.74 Å². The van der Waals surface area contributed by atoms with Crippen molar-refractivity contribution in [3.63, 3.8) is 0 Å². The number of para-hydroxylation sites is 1. The molecule has 0 atom stereocenters. The largest absolute Gasteiger partial charge is 0.491 e. The van der Waals surface area contributed by atoms with Gasteiger partial charge in [0.1, 0.15) is 5.75 Å². The van der Waals surface area contributed by atoms with Gasteiger partial charge in [0.25, 0.3) is 0 Å². The molecule has 0 aliphatic rings. The van der Waals surface area contributed by atoms with E-state index in [1.165, 1.54) is 6.20 Å². The van der Waals surface area contributed by atoms with Crippen LogP contribution in [0.2, 0.25) is 0 Å². The third-order valence-corrected chi connectivity index (χ3v) is 3.69. The number of sulfone groups is 1. The molecule has 1 aromatic heterocycles. The lowest BCUT2D eigenvalue weighted by Gasteiger charge is -2.15. The Bertz CT molecular complexity index is 690. The van der Waals surface area contributed by atoms with E-state index in [2.05, 4.69) is 4.98 Å². The van der Waals surface area contributed by atoms with Crippen LogP contribution in [0.3, 0.4) is 0 Å². The molecule has 1 aromatic carbocycles. The van der Waals surface area contributed by atoms with Crippen molar-refractivity contribution in [1.82, 2.24) is 9.55 Å². The van der Waals surface area contributed by atoms with Gasteiger partial charge in [-0.3, -0.25) is 0 Å². The Balaban J connectivity index is 2.34. The summed E-state index contributed by atoms with van der Waals surface area (Å²) in [6.45, 7) is 4.32. The van der Waals surface area contributed by atoms with Gasteiger partial charge in [0, 0.05) is 24.2 Å². The first-order chi connectivity index (χ1) is 9.38.